The van der Waals surface area contributed by atoms with E-state index in [0.717, 1.165) is 18.1 Å². The van der Waals surface area contributed by atoms with Crippen molar-refractivity contribution in [2.75, 3.05) is 11.9 Å². The molecule has 0 radical (unpaired) electrons. The molecule has 132 valence electrons. The van der Waals surface area contributed by atoms with Gasteiger partial charge in [0, 0.05) is 11.8 Å². The van der Waals surface area contributed by atoms with Crippen molar-refractivity contribution in [2.45, 2.75) is 13.3 Å². The first-order chi connectivity index (χ1) is 12.4. The Morgan fingerprint density at radius 3 is 2.42 bits per heavy atom. The first-order valence-corrected chi connectivity index (χ1v) is 7.94. The summed E-state index contributed by atoms with van der Waals surface area (Å²) >= 11 is 0. The predicted octanol–water partition coefficient (Wildman–Crippen LogP) is 2.39. The van der Waals surface area contributed by atoms with E-state index in [1.165, 1.54) is 12.1 Å². The van der Waals surface area contributed by atoms with Crippen LogP contribution < -0.4 is 5.32 Å². The van der Waals surface area contributed by atoms with Gasteiger partial charge in [-0.15, -0.1) is 0 Å². The number of nitro groups is 1. The molecule has 3 rings (SSSR count). The quantitative estimate of drug-likeness (QED) is 0.504. The fraction of sp³-hybridized carbons (Fsp3) is 0.167. The van der Waals surface area contributed by atoms with Gasteiger partial charge in [-0.2, -0.15) is 0 Å². The number of benzene rings is 2. The Hall–Kier alpha value is -3.55. The molecule has 1 N–H and O–H groups in total. The lowest BCUT2D eigenvalue weighted by Crippen LogP contribution is -2.37. The molecule has 0 spiro atoms. The molecule has 0 fully saturated rings. The van der Waals surface area contributed by atoms with Crippen molar-refractivity contribution in [1.29, 1.82) is 0 Å². The molecule has 2 aromatic carbocycles. The first-order valence-electron chi connectivity index (χ1n) is 7.94. The van der Waals surface area contributed by atoms with Crippen LogP contribution in [0.25, 0.3) is 0 Å². The summed E-state index contributed by atoms with van der Waals surface area (Å²) < 4.78 is 0. The summed E-state index contributed by atoms with van der Waals surface area (Å²) in [6.45, 7) is 1.49. The zero-order chi connectivity index (χ0) is 18.8. The summed E-state index contributed by atoms with van der Waals surface area (Å²) in [5, 5.41) is 13.7. The minimum Gasteiger partial charge on any atom is -0.325 e. The second-order valence-corrected chi connectivity index (χ2v) is 5.75. The Balaban J connectivity index is 1.77. The number of nitrogens with zero attached hydrogens (tertiary/aromatic N) is 2. The Morgan fingerprint density at radius 1 is 1.12 bits per heavy atom. The van der Waals surface area contributed by atoms with E-state index in [-0.39, 0.29) is 11.1 Å². The van der Waals surface area contributed by atoms with Crippen LogP contribution in [0.4, 0.5) is 11.4 Å². The molecule has 0 aromatic heterocycles. The SMILES string of the molecule is CCc1ccc(NC(=O)CN2C(=O)c3cccc([N+](=O)[O-])c3C2=O)cc1. The van der Waals surface area contributed by atoms with Crippen molar-refractivity contribution in [3.8, 4) is 0 Å². The third-order valence-electron chi connectivity index (χ3n) is 4.12. The van der Waals surface area contributed by atoms with Crippen LogP contribution in [-0.4, -0.2) is 34.1 Å². The Bertz CT molecular complexity index is 921. The van der Waals surface area contributed by atoms with Crippen molar-refractivity contribution in [3.63, 3.8) is 0 Å². The summed E-state index contributed by atoms with van der Waals surface area (Å²) in [6, 6.07) is 11.0. The van der Waals surface area contributed by atoms with Gasteiger partial charge in [0.2, 0.25) is 5.91 Å². The molecular weight excluding hydrogens is 338 g/mol. The number of carbonyl (C=O) groups excluding carboxylic acids is 3. The average molecular weight is 353 g/mol. The standard InChI is InChI=1S/C18H15N3O5/c1-2-11-6-8-12(9-7-11)19-15(22)10-20-17(23)13-4-3-5-14(21(25)26)16(13)18(20)24/h3-9H,2,10H2,1H3,(H,19,22). The molecule has 0 saturated heterocycles. The van der Waals surface area contributed by atoms with Crippen LogP contribution >= 0.6 is 0 Å². The summed E-state index contributed by atoms with van der Waals surface area (Å²) in [5.74, 6) is -2.12. The third-order valence-corrected chi connectivity index (χ3v) is 4.12. The van der Waals surface area contributed by atoms with Crippen molar-refractivity contribution < 1.29 is 19.3 Å². The smallest absolute Gasteiger partial charge is 0.282 e. The molecular formula is C18H15N3O5. The summed E-state index contributed by atoms with van der Waals surface area (Å²) in [5.41, 5.74) is 0.858. The van der Waals surface area contributed by atoms with Crippen LogP contribution in [0.1, 0.15) is 33.2 Å². The highest BCUT2D eigenvalue weighted by Gasteiger charge is 2.41. The predicted molar refractivity (Wildman–Crippen MR) is 92.9 cm³/mol. The maximum Gasteiger partial charge on any atom is 0.282 e. The second kappa shape index (κ2) is 6.75. The zero-order valence-electron chi connectivity index (χ0n) is 13.9. The highest BCUT2D eigenvalue weighted by Crippen LogP contribution is 2.30. The van der Waals surface area contributed by atoms with Crippen LogP contribution in [0, 0.1) is 10.1 Å². The maximum atomic E-state index is 12.4. The lowest BCUT2D eigenvalue weighted by Gasteiger charge is -2.13. The monoisotopic (exact) mass is 353 g/mol. The molecule has 1 heterocycles. The van der Waals surface area contributed by atoms with E-state index in [1.807, 2.05) is 19.1 Å². The minimum absolute atomic E-state index is 0.0655. The molecule has 0 saturated carbocycles. The fourth-order valence-electron chi connectivity index (χ4n) is 2.78. The average Bonchev–Trinajstić information content (AvgIpc) is 2.87. The summed E-state index contributed by atoms with van der Waals surface area (Å²) in [6.07, 6.45) is 0.863. The van der Waals surface area contributed by atoms with Gasteiger partial charge in [0.25, 0.3) is 17.5 Å². The lowest BCUT2D eigenvalue weighted by molar-refractivity contribution is -0.385. The van der Waals surface area contributed by atoms with Crippen LogP contribution in [0.2, 0.25) is 0 Å². The molecule has 3 amide bonds. The largest absolute Gasteiger partial charge is 0.325 e. The summed E-state index contributed by atoms with van der Waals surface area (Å²) in [7, 11) is 0. The Labute approximate surface area is 148 Å². The Morgan fingerprint density at radius 2 is 1.81 bits per heavy atom. The van der Waals surface area contributed by atoms with Gasteiger partial charge in [0.15, 0.2) is 0 Å². The molecule has 2 aromatic rings. The van der Waals surface area contributed by atoms with Crippen molar-refractivity contribution in [1.82, 2.24) is 4.90 Å². The zero-order valence-corrected chi connectivity index (χ0v) is 13.9. The number of rotatable bonds is 5. The van der Waals surface area contributed by atoms with Crippen molar-refractivity contribution in [3.05, 3.63) is 69.3 Å². The van der Waals surface area contributed by atoms with E-state index in [1.54, 1.807) is 12.1 Å². The molecule has 26 heavy (non-hydrogen) atoms. The van der Waals surface area contributed by atoms with Gasteiger partial charge in [-0.25, -0.2) is 0 Å². The van der Waals surface area contributed by atoms with Crippen molar-refractivity contribution >= 4 is 29.1 Å². The van der Waals surface area contributed by atoms with Gasteiger partial charge < -0.3 is 5.32 Å². The lowest BCUT2D eigenvalue weighted by atomic mass is 10.1. The number of hydrogen-bond donors (Lipinski definition) is 1. The van der Waals surface area contributed by atoms with E-state index < -0.39 is 34.9 Å². The first kappa shape index (κ1) is 17.3. The van der Waals surface area contributed by atoms with Crippen LogP contribution in [0.15, 0.2) is 42.5 Å². The van der Waals surface area contributed by atoms with Gasteiger partial charge in [0.1, 0.15) is 12.1 Å². The number of aryl methyl sites for hydroxylation is 1. The number of carbonyl (C=O) groups is 3. The number of amides is 3. The fourth-order valence-corrected chi connectivity index (χ4v) is 2.78. The maximum absolute atomic E-state index is 12.4. The van der Waals surface area contributed by atoms with E-state index >= 15 is 0 Å². The normalized spacial score (nSPS) is 12.9. The number of nitro benzene ring substituents is 1. The minimum atomic E-state index is -0.839. The molecule has 1 aliphatic heterocycles. The van der Waals surface area contributed by atoms with Crippen molar-refractivity contribution in [2.24, 2.45) is 0 Å². The van der Waals surface area contributed by atoms with E-state index in [9.17, 15) is 24.5 Å². The van der Waals surface area contributed by atoms with Crippen LogP contribution in [0.5, 0.6) is 0 Å². The van der Waals surface area contributed by atoms with Crippen LogP contribution in [0.3, 0.4) is 0 Å². The molecule has 8 nitrogen and oxygen atoms in total. The van der Waals surface area contributed by atoms with E-state index in [4.69, 9.17) is 0 Å². The van der Waals surface area contributed by atoms with Gasteiger partial charge in [-0.05, 0) is 30.2 Å². The second-order valence-electron chi connectivity index (χ2n) is 5.75. The van der Waals surface area contributed by atoms with Gasteiger partial charge >= 0.3 is 0 Å². The molecule has 0 atom stereocenters. The van der Waals surface area contributed by atoms with Gasteiger partial charge in [-0.1, -0.05) is 25.1 Å². The molecule has 0 bridgehead atoms. The topological polar surface area (TPSA) is 110 Å². The molecule has 1 aliphatic rings. The molecule has 8 heteroatoms. The van der Waals surface area contributed by atoms with E-state index in [2.05, 4.69) is 5.32 Å². The number of hydrogen-bond acceptors (Lipinski definition) is 5. The highest BCUT2D eigenvalue weighted by molar-refractivity contribution is 6.24. The number of fused-ring (bicyclic) bond motifs is 1. The molecule has 0 aliphatic carbocycles. The third kappa shape index (κ3) is 3.04. The Kier molecular flexibility index (Phi) is 4.49. The van der Waals surface area contributed by atoms with E-state index in [0.29, 0.717) is 10.6 Å². The number of imide groups is 1. The van der Waals surface area contributed by atoms with Gasteiger partial charge in [0.05, 0.1) is 10.5 Å². The number of nitrogens with one attached hydrogen (secondary N) is 1. The molecule has 0 unspecified atom stereocenters. The summed E-state index contributed by atoms with van der Waals surface area (Å²) in [4.78, 5) is 48.0. The highest BCUT2D eigenvalue weighted by atomic mass is 16.6. The number of anilines is 1. The van der Waals surface area contributed by atoms with Gasteiger partial charge in [-0.3, -0.25) is 29.4 Å². The van der Waals surface area contributed by atoms with Crippen LogP contribution in [-0.2, 0) is 11.2 Å².